The number of aliphatic carboxylic acids is 1. The van der Waals surface area contributed by atoms with Crippen LogP contribution in [0.25, 0.3) is 0 Å². The molecule has 1 aliphatic heterocycles. The van der Waals surface area contributed by atoms with E-state index in [4.69, 9.17) is 5.11 Å². The highest BCUT2D eigenvalue weighted by atomic mass is 19.1. The van der Waals surface area contributed by atoms with E-state index >= 15 is 0 Å². The molecule has 0 bridgehead atoms. The third kappa shape index (κ3) is 2.04. The molecule has 1 rings (SSSR count). The van der Waals surface area contributed by atoms with Crippen molar-refractivity contribution < 1.29 is 14.3 Å². The monoisotopic (exact) mass is 173 g/mol. The number of hydrogen-bond acceptors (Lipinski definition) is 2. The molecule has 0 amide bonds. The predicted octanol–water partition coefficient (Wildman–Crippen LogP) is 1.02. The first kappa shape index (κ1) is 9.19. The summed E-state index contributed by atoms with van der Waals surface area (Å²) in [5.74, 6) is -2.52. The van der Waals surface area contributed by atoms with E-state index in [9.17, 15) is 9.18 Å². The topological polar surface area (TPSA) is 40.5 Å². The summed E-state index contributed by atoms with van der Waals surface area (Å²) >= 11 is 0. The van der Waals surface area contributed by atoms with Crippen molar-refractivity contribution in [2.24, 2.45) is 0 Å². The molecule has 0 aliphatic carbocycles. The molecular formula is C8H12FNO2. The Hall–Kier alpha value is -0.900. The molecule has 3 nitrogen and oxygen atoms in total. The molecule has 4 heteroatoms. The van der Waals surface area contributed by atoms with Gasteiger partial charge in [-0.25, -0.2) is 4.79 Å². The molecule has 1 fully saturated rings. The SMILES string of the molecule is CN1CCCC1/C=C(\F)C(=O)O. The molecule has 1 atom stereocenters. The van der Waals surface area contributed by atoms with Crippen LogP contribution in [0.4, 0.5) is 4.39 Å². The molecule has 1 unspecified atom stereocenters. The largest absolute Gasteiger partial charge is 0.476 e. The van der Waals surface area contributed by atoms with Crippen LogP contribution in [0.5, 0.6) is 0 Å². The number of likely N-dealkylation sites (tertiary alicyclic amines) is 1. The molecule has 1 heterocycles. The molecule has 1 aliphatic rings. The van der Waals surface area contributed by atoms with E-state index in [2.05, 4.69) is 0 Å². The first-order valence-corrected chi connectivity index (χ1v) is 3.92. The van der Waals surface area contributed by atoms with Crippen LogP contribution in [-0.4, -0.2) is 35.6 Å². The summed E-state index contributed by atoms with van der Waals surface area (Å²) in [6, 6.07) is -0.0406. The van der Waals surface area contributed by atoms with Crippen molar-refractivity contribution in [2.45, 2.75) is 18.9 Å². The van der Waals surface area contributed by atoms with Gasteiger partial charge in [-0.15, -0.1) is 0 Å². The van der Waals surface area contributed by atoms with Crippen molar-refractivity contribution in [3.8, 4) is 0 Å². The minimum atomic E-state index is -1.48. The lowest BCUT2D eigenvalue weighted by molar-refractivity contribution is -0.134. The molecule has 0 aromatic carbocycles. The van der Waals surface area contributed by atoms with Gasteiger partial charge in [0, 0.05) is 6.04 Å². The summed E-state index contributed by atoms with van der Waals surface area (Å²) in [5, 5.41) is 8.27. The Morgan fingerprint density at radius 3 is 2.83 bits per heavy atom. The standard InChI is InChI=1S/C8H12FNO2/c1-10-4-2-3-6(10)5-7(9)8(11)12/h5-6H,2-4H2,1H3,(H,11,12)/b7-5-. The number of nitrogens with zero attached hydrogens (tertiary/aromatic N) is 1. The third-order valence-electron chi connectivity index (χ3n) is 2.12. The maximum absolute atomic E-state index is 12.6. The van der Waals surface area contributed by atoms with Gasteiger partial charge in [0.25, 0.3) is 0 Å². The van der Waals surface area contributed by atoms with Gasteiger partial charge in [0.1, 0.15) is 0 Å². The van der Waals surface area contributed by atoms with E-state index in [1.165, 1.54) is 6.08 Å². The molecule has 0 aromatic rings. The number of carboxylic acids is 1. The van der Waals surface area contributed by atoms with E-state index in [-0.39, 0.29) is 6.04 Å². The zero-order chi connectivity index (χ0) is 9.14. The number of rotatable bonds is 2. The number of hydrogen-bond donors (Lipinski definition) is 1. The summed E-state index contributed by atoms with van der Waals surface area (Å²) in [5.41, 5.74) is 0. The molecule has 0 radical (unpaired) electrons. The van der Waals surface area contributed by atoms with Crippen LogP contribution in [0.15, 0.2) is 11.9 Å². The van der Waals surface area contributed by atoms with Gasteiger partial charge in [-0.05, 0) is 32.5 Å². The van der Waals surface area contributed by atoms with Gasteiger partial charge < -0.3 is 5.11 Å². The van der Waals surface area contributed by atoms with Crippen molar-refractivity contribution >= 4 is 5.97 Å². The van der Waals surface area contributed by atoms with Crippen LogP contribution < -0.4 is 0 Å². The lowest BCUT2D eigenvalue weighted by Gasteiger charge is -2.14. The van der Waals surface area contributed by atoms with Gasteiger partial charge in [0.05, 0.1) is 0 Å². The van der Waals surface area contributed by atoms with Gasteiger partial charge in [0.2, 0.25) is 5.83 Å². The average molecular weight is 173 g/mol. The first-order valence-electron chi connectivity index (χ1n) is 3.92. The van der Waals surface area contributed by atoms with E-state index < -0.39 is 11.8 Å². The molecule has 0 spiro atoms. The van der Waals surface area contributed by atoms with Crippen LogP contribution in [-0.2, 0) is 4.79 Å². The molecular weight excluding hydrogens is 161 g/mol. The Morgan fingerprint density at radius 1 is 1.75 bits per heavy atom. The van der Waals surface area contributed by atoms with E-state index in [1.807, 2.05) is 11.9 Å². The van der Waals surface area contributed by atoms with Gasteiger partial charge in [0.15, 0.2) is 0 Å². The molecule has 0 saturated carbocycles. The summed E-state index contributed by atoms with van der Waals surface area (Å²) in [6.07, 6.45) is 3.02. The van der Waals surface area contributed by atoms with E-state index in [0.29, 0.717) is 0 Å². The zero-order valence-electron chi connectivity index (χ0n) is 6.96. The second kappa shape index (κ2) is 3.67. The van der Waals surface area contributed by atoms with Crippen LogP contribution in [0.3, 0.4) is 0 Å². The van der Waals surface area contributed by atoms with Crippen LogP contribution >= 0.6 is 0 Å². The summed E-state index contributed by atoms with van der Waals surface area (Å²) in [7, 11) is 1.86. The van der Waals surface area contributed by atoms with Crippen molar-refractivity contribution in [2.75, 3.05) is 13.6 Å². The van der Waals surface area contributed by atoms with Crippen molar-refractivity contribution in [1.29, 1.82) is 0 Å². The molecule has 0 aromatic heterocycles. The Kier molecular flexibility index (Phi) is 2.81. The van der Waals surface area contributed by atoms with E-state index in [0.717, 1.165) is 19.4 Å². The summed E-state index contributed by atoms with van der Waals surface area (Å²) in [6.45, 7) is 0.911. The van der Waals surface area contributed by atoms with Gasteiger partial charge >= 0.3 is 5.97 Å². The molecule has 1 saturated heterocycles. The lowest BCUT2D eigenvalue weighted by Crippen LogP contribution is -2.23. The van der Waals surface area contributed by atoms with Gasteiger partial charge in [-0.1, -0.05) is 0 Å². The Bertz CT molecular complexity index is 215. The molecule has 12 heavy (non-hydrogen) atoms. The minimum Gasteiger partial charge on any atom is -0.476 e. The zero-order valence-corrected chi connectivity index (χ0v) is 6.96. The van der Waals surface area contributed by atoms with Gasteiger partial charge in [-0.2, -0.15) is 4.39 Å². The van der Waals surface area contributed by atoms with E-state index in [1.54, 1.807) is 0 Å². The Morgan fingerprint density at radius 2 is 2.42 bits per heavy atom. The second-order valence-corrected chi connectivity index (χ2v) is 3.01. The summed E-state index contributed by atoms with van der Waals surface area (Å²) < 4.78 is 12.6. The van der Waals surface area contributed by atoms with Gasteiger partial charge in [-0.3, -0.25) is 4.90 Å². The quantitative estimate of drug-likeness (QED) is 0.634. The maximum Gasteiger partial charge on any atom is 0.364 e. The predicted molar refractivity (Wildman–Crippen MR) is 42.5 cm³/mol. The minimum absolute atomic E-state index is 0.0406. The number of likely N-dealkylation sites (N-methyl/N-ethyl adjacent to an activating group) is 1. The van der Waals surface area contributed by atoms with Crippen molar-refractivity contribution in [3.63, 3.8) is 0 Å². The highest BCUT2D eigenvalue weighted by Gasteiger charge is 2.20. The lowest BCUT2D eigenvalue weighted by atomic mass is 10.2. The van der Waals surface area contributed by atoms with Crippen LogP contribution in [0, 0.1) is 0 Å². The highest BCUT2D eigenvalue weighted by molar-refractivity contribution is 5.84. The number of carbonyl (C=O) groups is 1. The molecule has 68 valence electrons. The van der Waals surface area contributed by atoms with Crippen LogP contribution in [0.2, 0.25) is 0 Å². The highest BCUT2D eigenvalue weighted by Crippen LogP contribution is 2.17. The van der Waals surface area contributed by atoms with Crippen LogP contribution in [0.1, 0.15) is 12.8 Å². The Labute approximate surface area is 70.5 Å². The maximum atomic E-state index is 12.6. The number of halogens is 1. The van der Waals surface area contributed by atoms with Crippen molar-refractivity contribution in [3.05, 3.63) is 11.9 Å². The van der Waals surface area contributed by atoms with Crippen molar-refractivity contribution in [1.82, 2.24) is 4.90 Å². The normalized spacial score (nSPS) is 26.2. The third-order valence-corrected chi connectivity index (χ3v) is 2.12. The fraction of sp³-hybridized carbons (Fsp3) is 0.625. The first-order chi connectivity index (χ1) is 5.61. The fourth-order valence-corrected chi connectivity index (χ4v) is 1.39. The second-order valence-electron chi connectivity index (χ2n) is 3.01. The smallest absolute Gasteiger partial charge is 0.364 e. The Balaban J connectivity index is 2.59. The number of carboxylic acid groups (broad SMARTS) is 1. The fourth-order valence-electron chi connectivity index (χ4n) is 1.39. The molecule has 1 N–H and O–H groups in total. The average Bonchev–Trinajstić information content (AvgIpc) is 2.36. The summed E-state index contributed by atoms with van der Waals surface area (Å²) in [4.78, 5) is 12.1.